The number of benzene rings is 1. The molecule has 0 radical (unpaired) electrons. The van der Waals surface area contributed by atoms with Gasteiger partial charge < -0.3 is 10.2 Å². The molecule has 1 aliphatic rings. The molecule has 1 aliphatic heterocycles. The van der Waals surface area contributed by atoms with Gasteiger partial charge in [-0.25, -0.2) is 15.0 Å². The Kier molecular flexibility index (Phi) is 6.71. The number of carbonyl (C=O) groups is 1. The van der Waals surface area contributed by atoms with Crippen molar-refractivity contribution in [3.8, 4) is 10.6 Å². The first-order valence-corrected chi connectivity index (χ1v) is 12.7. The van der Waals surface area contributed by atoms with Crippen LogP contribution in [0.1, 0.15) is 46.0 Å². The van der Waals surface area contributed by atoms with Gasteiger partial charge in [0.2, 0.25) is 5.82 Å². The molecular weight excluding hydrogens is 503 g/mol. The molecule has 0 aliphatic carbocycles. The molecule has 1 unspecified atom stereocenters. The molecule has 1 amide bonds. The summed E-state index contributed by atoms with van der Waals surface area (Å²) in [5.41, 5.74) is 2.26. The Morgan fingerprint density at radius 1 is 1.22 bits per heavy atom. The summed E-state index contributed by atoms with van der Waals surface area (Å²) < 4.78 is 40.3. The Morgan fingerprint density at radius 2 is 1.97 bits per heavy atom. The Balaban J connectivity index is 1.43. The summed E-state index contributed by atoms with van der Waals surface area (Å²) in [6.07, 6.45) is 2.46. The van der Waals surface area contributed by atoms with Gasteiger partial charge in [0.15, 0.2) is 0 Å². The van der Waals surface area contributed by atoms with E-state index in [1.165, 1.54) is 11.3 Å². The molecule has 37 heavy (non-hydrogen) atoms. The van der Waals surface area contributed by atoms with E-state index in [9.17, 15) is 18.0 Å². The lowest BCUT2D eigenvalue weighted by Crippen LogP contribution is -2.27. The number of likely N-dealkylation sites (tertiary alicyclic amines) is 1. The zero-order chi connectivity index (χ0) is 26.3. The van der Waals surface area contributed by atoms with Crippen LogP contribution in [0.5, 0.6) is 0 Å². The number of alkyl halides is 3. The van der Waals surface area contributed by atoms with Crippen molar-refractivity contribution in [1.82, 2.24) is 34.9 Å². The minimum atomic E-state index is -4.62. The van der Waals surface area contributed by atoms with Crippen LogP contribution in [0.4, 0.5) is 13.2 Å². The van der Waals surface area contributed by atoms with Gasteiger partial charge in [0.1, 0.15) is 5.01 Å². The largest absolute Gasteiger partial charge is 0.451 e. The van der Waals surface area contributed by atoms with E-state index in [-0.39, 0.29) is 5.91 Å². The molecule has 12 heteroatoms. The molecular formula is C25H26F3N7OS. The fourth-order valence-electron chi connectivity index (χ4n) is 4.56. The fraction of sp³-hybridized carbons (Fsp3) is 0.400. The van der Waals surface area contributed by atoms with Gasteiger partial charge in [-0.05, 0) is 51.9 Å². The van der Waals surface area contributed by atoms with E-state index < -0.39 is 18.0 Å². The van der Waals surface area contributed by atoms with Gasteiger partial charge in [0, 0.05) is 64.8 Å². The fourth-order valence-corrected chi connectivity index (χ4v) is 5.36. The van der Waals surface area contributed by atoms with E-state index in [2.05, 4.69) is 32.2 Å². The summed E-state index contributed by atoms with van der Waals surface area (Å²) in [5.74, 6) is -1.08. The lowest BCUT2D eigenvalue weighted by Gasteiger charge is -2.15. The summed E-state index contributed by atoms with van der Waals surface area (Å²) in [6, 6.07) is 2.93. The van der Waals surface area contributed by atoms with E-state index in [1.807, 2.05) is 17.8 Å². The van der Waals surface area contributed by atoms with Crippen LogP contribution in [0.3, 0.4) is 0 Å². The smallest absolute Gasteiger partial charge is 0.345 e. The molecule has 0 spiro atoms. The monoisotopic (exact) mass is 529 g/mol. The topological polar surface area (TPSA) is 88.8 Å². The van der Waals surface area contributed by atoms with Crippen molar-refractivity contribution >= 4 is 28.1 Å². The minimum Gasteiger partial charge on any atom is -0.345 e. The quantitative estimate of drug-likeness (QED) is 0.389. The van der Waals surface area contributed by atoms with Gasteiger partial charge in [-0.15, -0.1) is 11.3 Å². The summed E-state index contributed by atoms with van der Waals surface area (Å²) in [6.45, 7) is 6.53. The minimum absolute atomic E-state index is 0.365. The summed E-state index contributed by atoms with van der Waals surface area (Å²) in [7, 11) is 2.12. The first-order valence-electron chi connectivity index (χ1n) is 11.9. The number of hydrogen-bond acceptors (Lipinski definition) is 7. The Hall–Kier alpha value is -3.38. The van der Waals surface area contributed by atoms with Gasteiger partial charge in [-0.3, -0.25) is 9.48 Å². The van der Waals surface area contributed by atoms with Crippen molar-refractivity contribution in [1.29, 1.82) is 0 Å². The number of nitrogens with one attached hydrogen (secondary N) is 1. The van der Waals surface area contributed by atoms with E-state index in [1.54, 1.807) is 25.3 Å². The highest BCUT2D eigenvalue weighted by molar-refractivity contribution is 7.15. The maximum absolute atomic E-state index is 13.2. The number of rotatable bonds is 6. The number of amides is 1. The lowest BCUT2D eigenvalue weighted by molar-refractivity contribution is -0.145. The average molecular weight is 530 g/mol. The van der Waals surface area contributed by atoms with Gasteiger partial charge >= 0.3 is 6.18 Å². The number of hydrogen-bond donors (Lipinski definition) is 1. The van der Waals surface area contributed by atoms with Crippen LogP contribution in [-0.4, -0.2) is 55.7 Å². The highest BCUT2D eigenvalue weighted by Crippen LogP contribution is 2.33. The van der Waals surface area contributed by atoms with Crippen molar-refractivity contribution in [2.45, 2.75) is 39.0 Å². The molecule has 8 nitrogen and oxygen atoms in total. The van der Waals surface area contributed by atoms with Gasteiger partial charge in [0.25, 0.3) is 5.91 Å². The Morgan fingerprint density at radius 3 is 2.59 bits per heavy atom. The van der Waals surface area contributed by atoms with Gasteiger partial charge in [0.05, 0.1) is 11.6 Å². The molecule has 4 aromatic rings. The highest BCUT2D eigenvalue weighted by atomic mass is 32.1. The lowest BCUT2D eigenvalue weighted by atomic mass is 10.0. The zero-order valence-electron chi connectivity index (χ0n) is 20.6. The molecule has 1 saturated heterocycles. The molecule has 3 aromatic heterocycles. The van der Waals surface area contributed by atoms with Crippen LogP contribution in [0.25, 0.3) is 21.5 Å². The molecule has 5 rings (SSSR count). The third-order valence-electron chi connectivity index (χ3n) is 6.49. The van der Waals surface area contributed by atoms with Crippen molar-refractivity contribution < 1.29 is 18.0 Å². The molecule has 4 heterocycles. The van der Waals surface area contributed by atoms with Crippen LogP contribution < -0.4 is 5.32 Å². The molecule has 0 saturated carbocycles. The van der Waals surface area contributed by atoms with Gasteiger partial charge in [-0.2, -0.15) is 18.3 Å². The van der Waals surface area contributed by atoms with Gasteiger partial charge in [-0.1, -0.05) is 0 Å². The van der Waals surface area contributed by atoms with Crippen LogP contribution in [0.15, 0.2) is 36.9 Å². The van der Waals surface area contributed by atoms with Crippen molar-refractivity contribution in [2.75, 3.05) is 20.1 Å². The van der Waals surface area contributed by atoms with Crippen LogP contribution >= 0.6 is 11.3 Å². The number of fused-ring (bicyclic) bond motifs is 1. The molecule has 194 valence electrons. The normalized spacial score (nSPS) is 17.4. The molecule has 0 bridgehead atoms. The van der Waals surface area contributed by atoms with Crippen molar-refractivity contribution in [2.24, 2.45) is 5.92 Å². The second kappa shape index (κ2) is 9.82. The summed E-state index contributed by atoms with van der Waals surface area (Å²) >= 11 is 1.54. The van der Waals surface area contributed by atoms with Crippen LogP contribution in [0.2, 0.25) is 0 Å². The standard InChI is InChI=1S/C25H26F3N7OS/c1-14-8-29-23(37-14)19-6-17(7-21-20(19)13-35(33-21)12-16-4-5-34(3)11-16)22(36)32-15(2)18-9-30-24(31-10-18)25(26,27)28/h6-10,13,15-16H,4-5,11-12H2,1-3H3,(H,32,36)/t15-,16?/m1/s1. The Labute approximate surface area is 215 Å². The van der Waals surface area contributed by atoms with Crippen molar-refractivity contribution in [3.63, 3.8) is 0 Å². The van der Waals surface area contributed by atoms with Crippen LogP contribution in [-0.2, 0) is 12.7 Å². The third-order valence-corrected chi connectivity index (χ3v) is 7.44. The number of thiazole rings is 1. The summed E-state index contributed by atoms with van der Waals surface area (Å²) in [4.78, 5) is 27.9. The highest BCUT2D eigenvalue weighted by Gasteiger charge is 2.34. The molecule has 1 fully saturated rings. The second-order valence-corrected chi connectivity index (χ2v) is 10.8. The molecule has 2 atom stereocenters. The molecule has 1 N–H and O–H groups in total. The maximum Gasteiger partial charge on any atom is 0.451 e. The van der Waals surface area contributed by atoms with E-state index in [0.29, 0.717) is 22.6 Å². The van der Waals surface area contributed by atoms with E-state index >= 15 is 0 Å². The first kappa shape index (κ1) is 25.3. The Bertz CT molecular complexity index is 1430. The second-order valence-electron chi connectivity index (χ2n) is 9.53. The predicted octanol–water partition coefficient (Wildman–Crippen LogP) is 4.72. The number of halogens is 3. The zero-order valence-corrected chi connectivity index (χ0v) is 21.4. The molecule has 1 aromatic carbocycles. The average Bonchev–Trinajstić information content (AvgIpc) is 3.57. The number of carbonyl (C=O) groups excluding carboxylic acids is 1. The number of nitrogens with zero attached hydrogens (tertiary/aromatic N) is 6. The number of aryl methyl sites for hydroxylation is 1. The van der Waals surface area contributed by atoms with E-state index in [4.69, 9.17) is 5.10 Å². The SMILES string of the molecule is Cc1cnc(-c2cc(C(=O)N[C@H](C)c3cnc(C(F)(F)F)nc3)cc3nn(CC4CCN(C)C4)cc23)s1. The maximum atomic E-state index is 13.2. The summed E-state index contributed by atoms with van der Waals surface area (Å²) in [5, 5.41) is 9.32. The van der Waals surface area contributed by atoms with Crippen molar-refractivity contribution in [3.05, 3.63) is 58.7 Å². The predicted molar refractivity (Wildman–Crippen MR) is 134 cm³/mol. The first-order chi connectivity index (χ1) is 17.6. The third kappa shape index (κ3) is 5.49. The number of aromatic nitrogens is 5. The van der Waals surface area contributed by atoms with Crippen LogP contribution in [0, 0.1) is 12.8 Å². The van der Waals surface area contributed by atoms with E-state index in [0.717, 1.165) is 59.3 Å².